The molecule has 0 fully saturated rings. The maximum Gasteiger partial charge on any atom is 0.0734 e. The Labute approximate surface area is 152 Å². The van der Waals surface area contributed by atoms with E-state index in [2.05, 4.69) is 83.9 Å². The van der Waals surface area contributed by atoms with E-state index < -0.39 is 0 Å². The minimum absolute atomic E-state index is 1.18. The summed E-state index contributed by atoms with van der Waals surface area (Å²) in [4.78, 5) is 3.64. The van der Waals surface area contributed by atoms with Crippen molar-refractivity contribution >= 4 is 55.8 Å². The molecule has 126 valence electrons. The lowest BCUT2D eigenvalue weighted by molar-refractivity contribution is 1.02. The number of nitrogens with zero attached hydrogens (tertiary/aromatic N) is 1. The summed E-state index contributed by atoms with van der Waals surface area (Å²) in [7, 11) is 2.15. The van der Waals surface area contributed by atoms with E-state index in [9.17, 15) is 0 Å². The Bertz CT molecular complexity index is 1360. The third-order valence-corrected chi connectivity index (χ3v) is 5.43. The molecule has 0 radical (unpaired) electrons. The summed E-state index contributed by atoms with van der Waals surface area (Å²) in [6.07, 6.45) is 6.21. The number of hydrogen-bond acceptors (Lipinski definition) is 0. The number of rotatable bonds is 2. The van der Waals surface area contributed by atoms with Crippen molar-refractivity contribution in [3.8, 4) is 0 Å². The number of nitrogens with one attached hydrogen (secondary N) is 1. The fraction of sp³-hybridized carbons (Fsp3) is 0.0833. The minimum atomic E-state index is 1.18. The van der Waals surface area contributed by atoms with Crippen LogP contribution < -0.4 is 0 Å². The number of aryl methyl sites for hydroxylation is 1. The minimum Gasteiger partial charge on any atom is -0.353 e. The highest BCUT2D eigenvalue weighted by Crippen LogP contribution is 2.38. The van der Waals surface area contributed by atoms with Crippen molar-refractivity contribution in [3.05, 3.63) is 72.3 Å². The molecule has 26 heavy (non-hydrogen) atoms. The maximum atomic E-state index is 4.09. The summed E-state index contributed by atoms with van der Waals surface area (Å²) < 4.78 is 2.30. The lowest BCUT2D eigenvalue weighted by Crippen LogP contribution is -1.88. The predicted octanol–water partition coefficient (Wildman–Crippen LogP) is 6.64. The molecule has 0 aliphatic heterocycles. The van der Waals surface area contributed by atoms with Gasteiger partial charge in [0.1, 0.15) is 0 Å². The summed E-state index contributed by atoms with van der Waals surface area (Å²) in [5, 5.41) is 5.08. The van der Waals surface area contributed by atoms with Crippen molar-refractivity contribution in [1.29, 1.82) is 0 Å². The van der Waals surface area contributed by atoms with E-state index in [1.165, 1.54) is 54.7 Å². The fourth-order valence-corrected chi connectivity index (χ4v) is 4.31. The van der Waals surface area contributed by atoms with Gasteiger partial charge in [0.25, 0.3) is 0 Å². The van der Waals surface area contributed by atoms with Crippen LogP contribution in [-0.4, -0.2) is 9.55 Å². The third-order valence-electron chi connectivity index (χ3n) is 5.43. The van der Waals surface area contributed by atoms with E-state index in [1.54, 1.807) is 0 Å². The number of aromatic nitrogens is 2. The molecule has 0 aliphatic carbocycles. The van der Waals surface area contributed by atoms with E-state index in [4.69, 9.17) is 0 Å². The van der Waals surface area contributed by atoms with Crippen LogP contribution in [0.25, 0.3) is 55.8 Å². The van der Waals surface area contributed by atoms with Crippen molar-refractivity contribution in [2.24, 2.45) is 7.05 Å². The average Bonchev–Trinajstić information content (AvgIpc) is 3.18. The summed E-state index contributed by atoms with van der Waals surface area (Å²) in [6.45, 7) is 6.14. The number of aromatic amines is 1. The lowest BCUT2D eigenvalue weighted by atomic mass is 9.99. The molecular formula is C24H20N2. The second-order valence-electron chi connectivity index (χ2n) is 6.78. The third kappa shape index (κ3) is 1.81. The van der Waals surface area contributed by atoms with Crippen molar-refractivity contribution in [2.75, 3.05) is 0 Å². The van der Waals surface area contributed by atoms with Gasteiger partial charge >= 0.3 is 0 Å². The summed E-state index contributed by atoms with van der Waals surface area (Å²) in [5.74, 6) is 0. The van der Waals surface area contributed by atoms with Gasteiger partial charge in [-0.2, -0.15) is 0 Å². The number of hydrogen-bond donors (Lipinski definition) is 1. The van der Waals surface area contributed by atoms with Crippen LogP contribution in [0.5, 0.6) is 0 Å². The summed E-state index contributed by atoms with van der Waals surface area (Å²) in [5.41, 5.74) is 7.26. The molecule has 1 N–H and O–H groups in total. The van der Waals surface area contributed by atoms with E-state index in [0.29, 0.717) is 0 Å². The second kappa shape index (κ2) is 5.37. The highest BCUT2D eigenvalue weighted by atomic mass is 15.0. The lowest BCUT2D eigenvalue weighted by Gasteiger charge is -2.04. The first-order valence-electron chi connectivity index (χ1n) is 8.94. The predicted molar refractivity (Wildman–Crippen MR) is 115 cm³/mol. The Morgan fingerprint density at radius 1 is 0.962 bits per heavy atom. The number of allylic oxidation sites excluding steroid dienone is 1. The van der Waals surface area contributed by atoms with Gasteiger partial charge in [-0.1, -0.05) is 61.2 Å². The van der Waals surface area contributed by atoms with Crippen LogP contribution in [-0.2, 0) is 7.05 Å². The topological polar surface area (TPSA) is 20.7 Å². The average molecular weight is 336 g/mol. The first-order valence-corrected chi connectivity index (χ1v) is 8.94. The molecule has 2 heteroatoms. The van der Waals surface area contributed by atoms with Crippen LogP contribution in [0.2, 0.25) is 0 Å². The molecule has 3 aromatic carbocycles. The zero-order valence-corrected chi connectivity index (χ0v) is 15.0. The van der Waals surface area contributed by atoms with Gasteiger partial charge < -0.3 is 9.55 Å². The highest BCUT2D eigenvalue weighted by molar-refractivity contribution is 6.23. The van der Waals surface area contributed by atoms with E-state index in [-0.39, 0.29) is 0 Å². The second-order valence-corrected chi connectivity index (χ2v) is 6.78. The molecule has 2 nitrogen and oxygen atoms in total. The van der Waals surface area contributed by atoms with Crippen LogP contribution in [0.3, 0.4) is 0 Å². The number of benzene rings is 3. The Kier molecular flexibility index (Phi) is 3.10. The summed E-state index contributed by atoms with van der Waals surface area (Å²) >= 11 is 0. The molecule has 0 atom stereocenters. The van der Waals surface area contributed by atoms with Gasteiger partial charge in [0, 0.05) is 39.6 Å². The molecule has 0 bridgehead atoms. The highest BCUT2D eigenvalue weighted by Gasteiger charge is 2.16. The Morgan fingerprint density at radius 3 is 2.58 bits per heavy atom. The normalized spacial score (nSPS) is 12.2. The quantitative estimate of drug-likeness (QED) is 0.373. The van der Waals surface area contributed by atoms with Gasteiger partial charge in [-0.25, -0.2) is 0 Å². The Balaban J connectivity index is 2.05. The van der Waals surface area contributed by atoms with Crippen molar-refractivity contribution in [1.82, 2.24) is 9.55 Å². The van der Waals surface area contributed by atoms with Gasteiger partial charge in [-0.05, 0) is 30.2 Å². The zero-order valence-electron chi connectivity index (χ0n) is 15.0. The number of para-hydroxylation sites is 1. The van der Waals surface area contributed by atoms with Gasteiger partial charge in [0.05, 0.1) is 11.0 Å². The Hall–Kier alpha value is -3.26. The monoisotopic (exact) mass is 336 g/mol. The van der Waals surface area contributed by atoms with E-state index in [0.717, 1.165) is 0 Å². The molecule has 0 saturated heterocycles. The molecule has 5 rings (SSSR count). The first kappa shape index (κ1) is 15.0. The van der Waals surface area contributed by atoms with Crippen molar-refractivity contribution in [3.63, 3.8) is 0 Å². The largest absolute Gasteiger partial charge is 0.353 e. The molecule has 2 heterocycles. The van der Waals surface area contributed by atoms with Crippen LogP contribution >= 0.6 is 0 Å². The van der Waals surface area contributed by atoms with Crippen LogP contribution in [0.1, 0.15) is 18.1 Å². The number of H-pyrrole nitrogens is 1. The van der Waals surface area contributed by atoms with Crippen LogP contribution in [0.15, 0.2) is 61.2 Å². The molecule has 0 unspecified atom stereocenters. The molecular weight excluding hydrogens is 316 g/mol. The number of fused-ring (bicyclic) bond motifs is 7. The van der Waals surface area contributed by atoms with Gasteiger partial charge in [-0.3, -0.25) is 0 Å². The maximum absolute atomic E-state index is 4.09. The van der Waals surface area contributed by atoms with Gasteiger partial charge in [-0.15, -0.1) is 0 Å². The first-order chi connectivity index (χ1) is 12.7. The van der Waals surface area contributed by atoms with E-state index >= 15 is 0 Å². The van der Waals surface area contributed by atoms with Crippen LogP contribution in [0, 0.1) is 0 Å². The zero-order chi connectivity index (χ0) is 17.8. The van der Waals surface area contributed by atoms with Gasteiger partial charge in [0.2, 0.25) is 0 Å². The molecule has 2 aromatic heterocycles. The molecule has 0 aliphatic rings. The van der Waals surface area contributed by atoms with Crippen molar-refractivity contribution < 1.29 is 0 Å². The Morgan fingerprint density at radius 2 is 1.77 bits per heavy atom. The SMILES string of the molecule is C=Cc1c(/C=C\C)ccc2c1c1ccc3c4ccccc4[nH]c3c1n2C. The van der Waals surface area contributed by atoms with E-state index in [1.807, 2.05) is 13.0 Å². The fourth-order valence-electron chi connectivity index (χ4n) is 4.31. The standard InChI is InChI=1S/C24H20N2/c1-4-8-15-11-14-21-22(16(15)5-2)19-13-12-18-17-9-6-7-10-20(17)25-23(18)24(19)26(21)3/h4-14,25H,2H2,1,3H3/b8-4-. The molecule has 0 spiro atoms. The smallest absolute Gasteiger partial charge is 0.0734 e. The molecule has 5 aromatic rings. The van der Waals surface area contributed by atoms with Gasteiger partial charge in [0.15, 0.2) is 0 Å². The molecule has 0 amide bonds. The van der Waals surface area contributed by atoms with Crippen molar-refractivity contribution in [2.45, 2.75) is 6.92 Å². The van der Waals surface area contributed by atoms with Crippen LogP contribution in [0.4, 0.5) is 0 Å². The summed E-state index contributed by atoms with van der Waals surface area (Å²) in [6, 6.07) is 17.4. The molecule has 0 saturated carbocycles.